The minimum absolute atomic E-state index is 0.286. The molecule has 1 saturated carbocycles. The molecule has 1 aliphatic carbocycles. The van der Waals surface area contributed by atoms with E-state index in [-0.39, 0.29) is 6.04 Å². The smallest absolute Gasteiger partial charge is 0.243 e. The van der Waals surface area contributed by atoms with E-state index in [1.54, 1.807) is 0 Å². The molecular formula is C13H21N3O. The van der Waals surface area contributed by atoms with Gasteiger partial charge in [0.15, 0.2) is 5.82 Å². The molecule has 4 heteroatoms. The Balaban J connectivity index is 1.63. The molecule has 2 heterocycles. The van der Waals surface area contributed by atoms with E-state index in [1.807, 2.05) is 0 Å². The molecule has 1 saturated heterocycles. The molecule has 3 rings (SSSR count). The molecule has 0 spiro atoms. The van der Waals surface area contributed by atoms with E-state index in [0.29, 0.717) is 0 Å². The summed E-state index contributed by atoms with van der Waals surface area (Å²) in [4.78, 5) is 4.54. The second-order valence-electron chi connectivity index (χ2n) is 5.50. The summed E-state index contributed by atoms with van der Waals surface area (Å²) in [6.07, 6.45) is 7.35. The molecule has 94 valence electrons. The van der Waals surface area contributed by atoms with Crippen LogP contribution in [0.1, 0.15) is 56.8 Å². The van der Waals surface area contributed by atoms with Crippen LogP contribution in [-0.2, 0) is 6.42 Å². The molecule has 2 fully saturated rings. The normalized spacial score (nSPS) is 29.5. The highest BCUT2D eigenvalue weighted by molar-refractivity contribution is 4.97. The van der Waals surface area contributed by atoms with Crippen molar-refractivity contribution < 1.29 is 4.52 Å². The predicted molar refractivity (Wildman–Crippen MR) is 64.5 cm³/mol. The third-order valence-corrected chi connectivity index (χ3v) is 4.04. The summed E-state index contributed by atoms with van der Waals surface area (Å²) in [6, 6.07) is 0.286. The lowest BCUT2D eigenvalue weighted by Gasteiger charge is -2.27. The van der Waals surface area contributed by atoms with Gasteiger partial charge in [0.05, 0.1) is 6.04 Å². The molecule has 2 unspecified atom stereocenters. The topological polar surface area (TPSA) is 51.0 Å². The van der Waals surface area contributed by atoms with Crippen LogP contribution in [0.15, 0.2) is 4.52 Å². The highest BCUT2D eigenvalue weighted by Gasteiger charge is 2.28. The van der Waals surface area contributed by atoms with Crippen LogP contribution < -0.4 is 5.32 Å². The first-order valence-electron chi connectivity index (χ1n) is 6.91. The van der Waals surface area contributed by atoms with Gasteiger partial charge >= 0.3 is 0 Å². The first-order valence-corrected chi connectivity index (χ1v) is 6.91. The van der Waals surface area contributed by atoms with Gasteiger partial charge in [0, 0.05) is 6.42 Å². The molecule has 1 aliphatic heterocycles. The molecule has 17 heavy (non-hydrogen) atoms. The molecule has 1 aromatic rings. The van der Waals surface area contributed by atoms with E-state index in [4.69, 9.17) is 4.52 Å². The van der Waals surface area contributed by atoms with Crippen LogP contribution in [0.5, 0.6) is 0 Å². The van der Waals surface area contributed by atoms with Crippen molar-refractivity contribution in [2.45, 2.75) is 51.5 Å². The monoisotopic (exact) mass is 235 g/mol. The second kappa shape index (κ2) is 4.77. The Morgan fingerprint density at radius 1 is 1.29 bits per heavy atom. The van der Waals surface area contributed by atoms with Gasteiger partial charge in [0.1, 0.15) is 0 Å². The first-order chi connectivity index (χ1) is 8.35. The zero-order valence-corrected chi connectivity index (χ0v) is 10.5. The summed E-state index contributed by atoms with van der Waals surface area (Å²) in [5, 5.41) is 7.58. The number of piperidine rings is 1. The number of hydrogen-bond donors (Lipinski definition) is 1. The zero-order chi connectivity index (χ0) is 11.7. The third-order valence-electron chi connectivity index (χ3n) is 4.04. The zero-order valence-electron chi connectivity index (χ0n) is 10.5. The van der Waals surface area contributed by atoms with Crippen LogP contribution in [0, 0.1) is 11.8 Å². The fraction of sp³-hybridized carbons (Fsp3) is 0.846. The maximum atomic E-state index is 5.40. The summed E-state index contributed by atoms with van der Waals surface area (Å²) in [7, 11) is 0. The molecule has 0 radical (unpaired) electrons. The Hall–Kier alpha value is -0.900. The van der Waals surface area contributed by atoms with Crippen molar-refractivity contribution >= 4 is 0 Å². The lowest BCUT2D eigenvalue weighted by molar-refractivity contribution is 0.245. The summed E-state index contributed by atoms with van der Waals surface area (Å²) in [5.41, 5.74) is 0. The van der Waals surface area contributed by atoms with Gasteiger partial charge < -0.3 is 9.84 Å². The summed E-state index contributed by atoms with van der Waals surface area (Å²) in [6.45, 7) is 3.34. The lowest BCUT2D eigenvalue weighted by atomic mass is 9.90. The van der Waals surface area contributed by atoms with Gasteiger partial charge in [-0.05, 0) is 44.1 Å². The molecule has 4 nitrogen and oxygen atoms in total. The van der Waals surface area contributed by atoms with Crippen molar-refractivity contribution in [2.24, 2.45) is 11.8 Å². The van der Waals surface area contributed by atoms with Gasteiger partial charge in [-0.25, -0.2) is 0 Å². The molecule has 1 aromatic heterocycles. The van der Waals surface area contributed by atoms with Crippen LogP contribution in [0.4, 0.5) is 0 Å². The van der Waals surface area contributed by atoms with Gasteiger partial charge in [-0.2, -0.15) is 4.98 Å². The molecule has 0 amide bonds. The van der Waals surface area contributed by atoms with Gasteiger partial charge in [-0.3, -0.25) is 0 Å². The maximum Gasteiger partial charge on any atom is 0.243 e. The SMILES string of the molecule is CCC1CCNC(c2nc(CC3CC3)no2)C1. The summed E-state index contributed by atoms with van der Waals surface area (Å²) >= 11 is 0. The van der Waals surface area contributed by atoms with Gasteiger partial charge in [-0.1, -0.05) is 18.5 Å². The molecular weight excluding hydrogens is 214 g/mol. The summed E-state index contributed by atoms with van der Waals surface area (Å²) < 4.78 is 5.40. The summed E-state index contributed by atoms with van der Waals surface area (Å²) in [5.74, 6) is 3.34. The quantitative estimate of drug-likeness (QED) is 0.871. The fourth-order valence-electron chi connectivity index (χ4n) is 2.63. The minimum Gasteiger partial charge on any atom is -0.338 e. The first kappa shape index (κ1) is 11.2. The average molecular weight is 235 g/mol. The fourth-order valence-corrected chi connectivity index (χ4v) is 2.63. The van der Waals surface area contributed by atoms with Crippen molar-refractivity contribution in [1.82, 2.24) is 15.5 Å². The molecule has 1 N–H and O–H groups in total. The van der Waals surface area contributed by atoms with Gasteiger partial charge in [0.25, 0.3) is 0 Å². The number of nitrogens with zero attached hydrogens (tertiary/aromatic N) is 2. The Morgan fingerprint density at radius 2 is 2.18 bits per heavy atom. The molecule has 2 aliphatic rings. The Kier molecular flexibility index (Phi) is 3.14. The van der Waals surface area contributed by atoms with Gasteiger partial charge in [0.2, 0.25) is 5.89 Å². The number of nitrogens with one attached hydrogen (secondary N) is 1. The number of hydrogen-bond acceptors (Lipinski definition) is 4. The highest BCUT2D eigenvalue weighted by atomic mass is 16.5. The lowest BCUT2D eigenvalue weighted by Crippen LogP contribution is -2.31. The Morgan fingerprint density at radius 3 is 2.94 bits per heavy atom. The number of aromatic nitrogens is 2. The largest absolute Gasteiger partial charge is 0.338 e. The Labute approximate surface area is 102 Å². The third kappa shape index (κ3) is 2.68. The van der Waals surface area contributed by atoms with Crippen LogP contribution in [0.3, 0.4) is 0 Å². The van der Waals surface area contributed by atoms with Crippen molar-refractivity contribution in [3.05, 3.63) is 11.7 Å². The molecule has 0 aromatic carbocycles. The predicted octanol–water partition coefficient (Wildman–Crippen LogP) is 2.47. The highest BCUT2D eigenvalue weighted by Crippen LogP contribution is 2.33. The van der Waals surface area contributed by atoms with E-state index in [1.165, 1.54) is 25.7 Å². The van der Waals surface area contributed by atoms with E-state index in [0.717, 1.165) is 42.9 Å². The van der Waals surface area contributed by atoms with Crippen LogP contribution in [-0.4, -0.2) is 16.7 Å². The average Bonchev–Trinajstić information content (AvgIpc) is 3.05. The Bertz CT molecular complexity index is 372. The van der Waals surface area contributed by atoms with E-state index < -0.39 is 0 Å². The second-order valence-corrected chi connectivity index (χ2v) is 5.50. The van der Waals surface area contributed by atoms with Gasteiger partial charge in [-0.15, -0.1) is 0 Å². The van der Waals surface area contributed by atoms with E-state index in [2.05, 4.69) is 22.4 Å². The van der Waals surface area contributed by atoms with Crippen LogP contribution in [0.25, 0.3) is 0 Å². The molecule has 0 bridgehead atoms. The standard InChI is InChI=1S/C13H21N3O/c1-2-9-5-6-14-11(7-9)13-15-12(16-17-13)8-10-3-4-10/h9-11,14H,2-8H2,1H3. The van der Waals surface area contributed by atoms with E-state index >= 15 is 0 Å². The van der Waals surface area contributed by atoms with Crippen molar-refractivity contribution in [2.75, 3.05) is 6.54 Å². The van der Waals surface area contributed by atoms with Crippen molar-refractivity contribution in [3.8, 4) is 0 Å². The number of rotatable bonds is 4. The molecule has 2 atom stereocenters. The van der Waals surface area contributed by atoms with Crippen LogP contribution in [0.2, 0.25) is 0 Å². The van der Waals surface area contributed by atoms with Crippen LogP contribution >= 0.6 is 0 Å². The van der Waals surface area contributed by atoms with Crippen molar-refractivity contribution in [3.63, 3.8) is 0 Å². The van der Waals surface area contributed by atoms with E-state index in [9.17, 15) is 0 Å². The maximum absolute atomic E-state index is 5.40. The minimum atomic E-state index is 0.286. The van der Waals surface area contributed by atoms with Crippen molar-refractivity contribution in [1.29, 1.82) is 0 Å².